The summed E-state index contributed by atoms with van der Waals surface area (Å²) in [6, 6.07) is 11.0. The van der Waals surface area contributed by atoms with Crippen LogP contribution in [-0.2, 0) is 0 Å². The van der Waals surface area contributed by atoms with Crippen molar-refractivity contribution in [3.05, 3.63) is 46.5 Å². The van der Waals surface area contributed by atoms with Gasteiger partial charge in [-0.3, -0.25) is 0 Å². The van der Waals surface area contributed by atoms with Crippen molar-refractivity contribution in [1.82, 2.24) is 20.1 Å². The average molecular weight is 293 g/mol. The van der Waals surface area contributed by atoms with Gasteiger partial charge in [0.2, 0.25) is 4.73 Å². The number of fused-ring (bicyclic) bond motifs is 1. The summed E-state index contributed by atoms with van der Waals surface area (Å²) >= 11 is 3.34. The Labute approximate surface area is 108 Å². The third-order valence-corrected chi connectivity index (χ3v) is 3.57. The second-order valence-corrected chi connectivity index (χ2v) is 4.90. The van der Waals surface area contributed by atoms with Crippen LogP contribution in [0.4, 0.5) is 0 Å². The second kappa shape index (κ2) is 4.23. The Morgan fingerprint density at radius 3 is 2.82 bits per heavy atom. The quantitative estimate of drug-likeness (QED) is 0.924. The zero-order valence-corrected chi connectivity index (χ0v) is 11.1. The van der Waals surface area contributed by atoms with Gasteiger partial charge in [-0.05, 0) is 35.0 Å². The Morgan fingerprint density at radius 2 is 2.12 bits per heavy atom. The SMILES string of the molecule is CN[C@H]1C[C@@H](c2ccccc2)n2nc(Br)nc21. The fourth-order valence-electron chi connectivity index (χ4n) is 2.40. The molecule has 3 rings (SSSR count). The number of rotatable bonds is 2. The number of nitrogens with zero attached hydrogens (tertiary/aromatic N) is 3. The van der Waals surface area contributed by atoms with Crippen LogP contribution in [0, 0.1) is 0 Å². The van der Waals surface area contributed by atoms with E-state index in [0.717, 1.165) is 12.2 Å². The summed E-state index contributed by atoms with van der Waals surface area (Å²) in [4.78, 5) is 4.43. The Morgan fingerprint density at radius 1 is 1.35 bits per heavy atom. The lowest BCUT2D eigenvalue weighted by Gasteiger charge is -2.12. The Bertz CT molecular complexity index is 523. The molecule has 1 aromatic heterocycles. The molecule has 1 aromatic carbocycles. The normalized spacial score (nSPS) is 22.7. The largest absolute Gasteiger partial charge is 0.310 e. The van der Waals surface area contributed by atoms with Crippen molar-refractivity contribution in [3.63, 3.8) is 0 Å². The molecular formula is C12H13BrN4. The van der Waals surface area contributed by atoms with E-state index in [0.29, 0.717) is 4.73 Å². The molecule has 0 bridgehead atoms. The van der Waals surface area contributed by atoms with Gasteiger partial charge in [0.25, 0.3) is 0 Å². The molecule has 1 N–H and O–H groups in total. The molecule has 2 heterocycles. The molecule has 0 saturated carbocycles. The Balaban J connectivity index is 2.04. The lowest BCUT2D eigenvalue weighted by molar-refractivity contribution is 0.510. The first kappa shape index (κ1) is 10.9. The van der Waals surface area contributed by atoms with Gasteiger partial charge >= 0.3 is 0 Å². The summed E-state index contributed by atoms with van der Waals surface area (Å²) in [7, 11) is 1.96. The van der Waals surface area contributed by atoms with Crippen LogP contribution < -0.4 is 5.32 Å². The van der Waals surface area contributed by atoms with E-state index >= 15 is 0 Å². The molecule has 88 valence electrons. The second-order valence-electron chi connectivity index (χ2n) is 4.19. The van der Waals surface area contributed by atoms with Crippen LogP contribution in [0.3, 0.4) is 0 Å². The maximum atomic E-state index is 4.43. The first-order chi connectivity index (χ1) is 8.29. The average Bonchev–Trinajstić information content (AvgIpc) is 2.87. The van der Waals surface area contributed by atoms with Crippen LogP contribution in [-0.4, -0.2) is 21.8 Å². The smallest absolute Gasteiger partial charge is 0.217 e. The molecular weight excluding hydrogens is 280 g/mol. The maximum absolute atomic E-state index is 4.43. The summed E-state index contributed by atoms with van der Waals surface area (Å²) in [5.74, 6) is 1.01. The minimum atomic E-state index is 0.277. The van der Waals surface area contributed by atoms with Crippen LogP contribution in [0.1, 0.15) is 29.9 Å². The van der Waals surface area contributed by atoms with Gasteiger partial charge in [0.15, 0.2) is 0 Å². The van der Waals surface area contributed by atoms with Gasteiger partial charge in [0.05, 0.1) is 12.1 Å². The van der Waals surface area contributed by atoms with Gasteiger partial charge in [-0.15, -0.1) is 5.10 Å². The molecule has 5 heteroatoms. The summed E-state index contributed by atoms with van der Waals surface area (Å²) < 4.78 is 2.68. The summed E-state index contributed by atoms with van der Waals surface area (Å²) in [5, 5.41) is 7.72. The summed E-state index contributed by atoms with van der Waals surface area (Å²) in [6.07, 6.45) is 1.00. The lowest BCUT2D eigenvalue weighted by Crippen LogP contribution is -2.14. The van der Waals surface area contributed by atoms with Crippen molar-refractivity contribution in [1.29, 1.82) is 0 Å². The Hall–Kier alpha value is -1.20. The maximum Gasteiger partial charge on any atom is 0.217 e. The third-order valence-electron chi connectivity index (χ3n) is 3.23. The van der Waals surface area contributed by atoms with Crippen LogP contribution in [0.15, 0.2) is 35.1 Å². The number of nitrogens with one attached hydrogen (secondary N) is 1. The molecule has 0 spiro atoms. The molecule has 0 saturated heterocycles. The Kier molecular flexibility index (Phi) is 2.72. The monoisotopic (exact) mass is 292 g/mol. The van der Waals surface area contributed by atoms with Gasteiger partial charge in [-0.1, -0.05) is 30.3 Å². The number of hydrogen-bond donors (Lipinski definition) is 1. The number of hydrogen-bond acceptors (Lipinski definition) is 3. The van der Waals surface area contributed by atoms with E-state index < -0.39 is 0 Å². The van der Waals surface area contributed by atoms with Gasteiger partial charge in [0.1, 0.15) is 5.82 Å². The third kappa shape index (κ3) is 1.79. The molecule has 1 aliphatic rings. The highest BCUT2D eigenvalue weighted by atomic mass is 79.9. The highest BCUT2D eigenvalue weighted by Crippen LogP contribution is 2.37. The fourth-order valence-corrected chi connectivity index (χ4v) is 2.76. The van der Waals surface area contributed by atoms with E-state index in [1.807, 2.05) is 17.8 Å². The first-order valence-electron chi connectivity index (χ1n) is 5.63. The van der Waals surface area contributed by atoms with E-state index in [9.17, 15) is 0 Å². The zero-order valence-electron chi connectivity index (χ0n) is 9.47. The van der Waals surface area contributed by atoms with Crippen molar-refractivity contribution >= 4 is 15.9 Å². The highest BCUT2D eigenvalue weighted by molar-refractivity contribution is 9.10. The molecule has 2 aromatic rings. The van der Waals surface area contributed by atoms with Crippen LogP contribution in [0.2, 0.25) is 0 Å². The molecule has 0 radical (unpaired) electrons. The van der Waals surface area contributed by atoms with Gasteiger partial charge < -0.3 is 5.32 Å². The molecule has 0 fully saturated rings. The fraction of sp³-hybridized carbons (Fsp3) is 0.333. The zero-order chi connectivity index (χ0) is 11.8. The van der Waals surface area contributed by atoms with Crippen molar-refractivity contribution in [3.8, 4) is 0 Å². The predicted molar refractivity (Wildman–Crippen MR) is 68.7 cm³/mol. The van der Waals surface area contributed by atoms with Crippen LogP contribution in [0.5, 0.6) is 0 Å². The van der Waals surface area contributed by atoms with E-state index in [2.05, 4.69) is 55.6 Å². The van der Waals surface area contributed by atoms with Crippen molar-refractivity contribution in [2.75, 3.05) is 7.05 Å². The van der Waals surface area contributed by atoms with Crippen molar-refractivity contribution < 1.29 is 0 Å². The first-order valence-corrected chi connectivity index (χ1v) is 6.43. The van der Waals surface area contributed by atoms with Crippen molar-refractivity contribution in [2.45, 2.75) is 18.5 Å². The van der Waals surface area contributed by atoms with Gasteiger partial charge in [-0.25, -0.2) is 9.67 Å². The molecule has 4 nitrogen and oxygen atoms in total. The molecule has 0 aliphatic carbocycles. The topological polar surface area (TPSA) is 42.7 Å². The van der Waals surface area contributed by atoms with Gasteiger partial charge in [0, 0.05) is 0 Å². The molecule has 17 heavy (non-hydrogen) atoms. The number of aromatic nitrogens is 3. The van der Waals surface area contributed by atoms with E-state index in [-0.39, 0.29) is 12.1 Å². The van der Waals surface area contributed by atoms with E-state index in [1.165, 1.54) is 5.56 Å². The molecule has 0 unspecified atom stereocenters. The van der Waals surface area contributed by atoms with Crippen molar-refractivity contribution in [2.24, 2.45) is 0 Å². The summed E-state index contributed by atoms with van der Waals surface area (Å²) in [5.41, 5.74) is 1.28. The van der Waals surface area contributed by atoms with E-state index in [1.54, 1.807) is 0 Å². The number of benzene rings is 1. The minimum Gasteiger partial charge on any atom is -0.310 e. The molecule has 2 atom stereocenters. The van der Waals surface area contributed by atoms with Crippen LogP contribution >= 0.6 is 15.9 Å². The van der Waals surface area contributed by atoms with Crippen LogP contribution in [0.25, 0.3) is 0 Å². The molecule has 0 amide bonds. The summed E-state index contributed by atoms with van der Waals surface area (Å²) in [6.45, 7) is 0. The predicted octanol–water partition coefficient (Wildman–Crippen LogP) is 2.29. The highest BCUT2D eigenvalue weighted by Gasteiger charge is 2.33. The lowest BCUT2D eigenvalue weighted by atomic mass is 10.0. The van der Waals surface area contributed by atoms with Gasteiger partial charge in [-0.2, -0.15) is 0 Å². The van der Waals surface area contributed by atoms with E-state index in [4.69, 9.17) is 0 Å². The number of halogens is 1. The minimum absolute atomic E-state index is 0.277. The molecule has 1 aliphatic heterocycles. The standard InChI is InChI=1S/C12H13BrN4/c1-14-9-7-10(8-5-3-2-4-6-8)17-11(9)15-12(13)16-17/h2-6,9-10,14H,7H2,1H3/t9-,10-/m0/s1.